The molecule has 5 nitrogen and oxygen atoms in total. The Hall–Kier alpha value is -2.28. The van der Waals surface area contributed by atoms with Crippen LogP contribution in [0.2, 0.25) is 0 Å². The molecule has 1 fully saturated rings. The first-order valence-electron chi connectivity index (χ1n) is 9.60. The van der Waals surface area contributed by atoms with Crippen molar-refractivity contribution >= 4 is 28.2 Å². The Morgan fingerprint density at radius 2 is 1.93 bits per heavy atom. The number of carbonyl (C=O) groups excluding carboxylic acids is 1. The molecule has 0 bridgehead atoms. The van der Waals surface area contributed by atoms with Crippen molar-refractivity contribution in [2.45, 2.75) is 52.5 Å². The van der Waals surface area contributed by atoms with Crippen LogP contribution in [0.15, 0.2) is 24.4 Å². The maximum atomic E-state index is 13.3. The van der Waals surface area contributed by atoms with Gasteiger partial charge in [0.1, 0.15) is 5.00 Å². The number of thiophene rings is 1. The van der Waals surface area contributed by atoms with E-state index in [1.807, 2.05) is 13.8 Å². The van der Waals surface area contributed by atoms with E-state index >= 15 is 0 Å². The number of aromatic nitrogens is 1. The summed E-state index contributed by atoms with van der Waals surface area (Å²) in [5, 5.41) is 10.2. The number of amides is 1. The summed E-state index contributed by atoms with van der Waals surface area (Å²) >= 11 is 1.24. The zero-order valence-corrected chi connectivity index (χ0v) is 17.1. The molecule has 1 amide bonds. The largest absolute Gasteiger partial charge is 0.478 e. The van der Waals surface area contributed by atoms with Crippen LogP contribution in [0.3, 0.4) is 0 Å². The molecule has 7 heteroatoms. The Labute approximate surface area is 168 Å². The lowest BCUT2D eigenvalue weighted by Crippen LogP contribution is -2.42. The fraction of sp³-hybridized carbons (Fsp3) is 0.476. The summed E-state index contributed by atoms with van der Waals surface area (Å²) < 4.78 is 13.1. The van der Waals surface area contributed by atoms with Gasteiger partial charge >= 0.3 is 5.97 Å². The molecular weight excluding hydrogens is 379 g/mol. The van der Waals surface area contributed by atoms with Gasteiger partial charge in [0.15, 0.2) is 0 Å². The van der Waals surface area contributed by atoms with E-state index < -0.39 is 11.9 Å². The summed E-state index contributed by atoms with van der Waals surface area (Å²) in [6.45, 7) is 5.99. The van der Waals surface area contributed by atoms with Crippen LogP contribution in [-0.4, -0.2) is 28.0 Å². The summed E-state index contributed by atoms with van der Waals surface area (Å²) in [6, 6.07) is 4.18. The molecule has 2 aromatic rings. The van der Waals surface area contributed by atoms with E-state index in [1.54, 1.807) is 17.0 Å². The second-order valence-corrected chi connectivity index (χ2v) is 8.79. The number of aromatic carboxylic acids is 1. The molecule has 1 aliphatic rings. The predicted molar refractivity (Wildman–Crippen MR) is 108 cm³/mol. The SMILES string of the molecule is CC(C)N(c1sc(-c2ccc(F)nc2)cc1C(=O)O)C(=O)[C@H]1CC[C@H](C)CC1. The van der Waals surface area contributed by atoms with Crippen LogP contribution in [0.25, 0.3) is 10.4 Å². The number of rotatable bonds is 5. The Kier molecular flexibility index (Phi) is 6.13. The molecule has 1 N–H and O–H groups in total. The molecule has 2 aromatic heterocycles. The van der Waals surface area contributed by atoms with E-state index in [0.29, 0.717) is 21.4 Å². The van der Waals surface area contributed by atoms with Crippen LogP contribution >= 0.6 is 11.3 Å². The molecule has 0 radical (unpaired) electrons. The van der Waals surface area contributed by atoms with Crippen molar-refractivity contribution < 1.29 is 19.1 Å². The summed E-state index contributed by atoms with van der Waals surface area (Å²) in [4.78, 5) is 31.1. The van der Waals surface area contributed by atoms with Gasteiger partial charge in [0.05, 0.1) is 5.56 Å². The number of hydrogen-bond donors (Lipinski definition) is 1. The minimum atomic E-state index is -1.08. The fourth-order valence-electron chi connectivity index (χ4n) is 3.67. The van der Waals surface area contributed by atoms with Gasteiger partial charge in [-0.3, -0.25) is 4.79 Å². The maximum absolute atomic E-state index is 13.3. The standard InChI is InChI=1S/C21H25FN2O3S/c1-12(2)24(19(25)14-6-4-13(3)5-7-14)20-16(21(26)27)10-17(28-20)15-8-9-18(22)23-11-15/h8-14H,4-7H2,1-3H3,(H,26,27)/t13-,14-. The third-order valence-corrected chi connectivity index (χ3v) is 6.48. The van der Waals surface area contributed by atoms with Crippen LogP contribution in [0.1, 0.15) is 56.8 Å². The maximum Gasteiger partial charge on any atom is 0.338 e. The van der Waals surface area contributed by atoms with Crippen LogP contribution in [0, 0.1) is 17.8 Å². The highest BCUT2D eigenvalue weighted by Crippen LogP contribution is 2.40. The van der Waals surface area contributed by atoms with E-state index in [4.69, 9.17) is 0 Å². The van der Waals surface area contributed by atoms with Crippen molar-refractivity contribution in [3.8, 4) is 10.4 Å². The van der Waals surface area contributed by atoms with Gasteiger partial charge in [-0.05, 0) is 63.6 Å². The number of halogens is 1. The molecule has 2 heterocycles. The average molecular weight is 405 g/mol. The molecule has 1 aliphatic carbocycles. The van der Waals surface area contributed by atoms with Gasteiger partial charge in [0.25, 0.3) is 0 Å². The number of carbonyl (C=O) groups is 2. The zero-order valence-electron chi connectivity index (χ0n) is 16.3. The van der Waals surface area contributed by atoms with Gasteiger partial charge in [-0.15, -0.1) is 11.3 Å². The second-order valence-electron chi connectivity index (χ2n) is 7.76. The lowest BCUT2D eigenvalue weighted by atomic mass is 9.82. The van der Waals surface area contributed by atoms with Crippen LogP contribution in [-0.2, 0) is 4.79 Å². The Bertz CT molecular complexity index is 855. The summed E-state index contributed by atoms with van der Waals surface area (Å²) in [5.74, 6) is -1.12. The lowest BCUT2D eigenvalue weighted by Gasteiger charge is -2.33. The van der Waals surface area contributed by atoms with Gasteiger partial charge < -0.3 is 10.0 Å². The third-order valence-electron chi connectivity index (χ3n) is 5.29. The van der Waals surface area contributed by atoms with Crippen molar-refractivity contribution in [1.82, 2.24) is 4.98 Å². The first-order chi connectivity index (χ1) is 13.3. The molecule has 1 saturated carbocycles. The summed E-state index contributed by atoms with van der Waals surface area (Å²) in [5.41, 5.74) is 0.721. The monoisotopic (exact) mass is 404 g/mol. The highest BCUT2D eigenvalue weighted by Gasteiger charge is 2.33. The number of hydrogen-bond acceptors (Lipinski definition) is 4. The zero-order chi connectivity index (χ0) is 20.4. The van der Waals surface area contributed by atoms with Crippen LogP contribution in [0.5, 0.6) is 0 Å². The quantitative estimate of drug-likeness (QED) is 0.694. The van der Waals surface area contributed by atoms with Crippen molar-refractivity contribution in [3.63, 3.8) is 0 Å². The highest BCUT2D eigenvalue weighted by molar-refractivity contribution is 7.20. The lowest BCUT2D eigenvalue weighted by molar-refractivity contribution is -0.123. The number of anilines is 1. The van der Waals surface area contributed by atoms with Crippen molar-refractivity contribution in [2.75, 3.05) is 4.90 Å². The molecule has 0 aliphatic heterocycles. The molecule has 0 spiro atoms. The first-order valence-corrected chi connectivity index (χ1v) is 10.4. The van der Waals surface area contributed by atoms with E-state index in [0.717, 1.165) is 25.7 Å². The van der Waals surface area contributed by atoms with E-state index in [1.165, 1.54) is 23.6 Å². The summed E-state index contributed by atoms with van der Waals surface area (Å²) in [7, 11) is 0. The number of nitrogens with zero attached hydrogens (tertiary/aromatic N) is 2. The van der Waals surface area contributed by atoms with Crippen molar-refractivity contribution in [1.29, 1.82) is 0 Å². The number of pyridine rings is 1. The van der Waals surface area contributed by atoms with E-state index in [2.05, 4.69) is 11.9 Å². The third kappa shape index (κ3) is 4.24. The summed E-state index contributed by atoms with van der Waals surface area (Å²) in [6.07, 6.45) is 5.09. The number of carboxylic acids is 1. The topological polar surface area (TPSA) is 70.5 Å². The molecule has 0 saturated heterocycles. The molecule has 0 aromatic carbocycles. The molecule has 28 heavy (non-hydrogen) atoms. The smallest absolute Gasteiger partial charge is 0.338 e. The van der Waals surface area contributed by atoms with E-state index in [-0.39, 0.29) is 23.4 Å². The average Bonchev–Trinajstić information content (AvgIpc) is 3.07. The minimum Gasteiger partial charge on any atom is -0.478 e. The van der Waals surface area contributed by atoms with Crippen LogP contribution in [0.4, 0.5) is 9.39 Å². The normalized spacial score (nSPS) is 19.6. The van der Waals surface area contributed by atoms with E-state index in [9.17, 15) is 19.1 Å². The predicted octanol–water partition coefficient (Wildman–Crippen LogP) is 5.22. The fourth-order valence-corrected chi connectivity index (χ4v) is 4.95. The molecule has 3 rings (SSSR count). The van der Waals surface area contributed by atoms with Crippen LogP contribution < -0.4 is 4.90 Å². The van der Waals surface area contributed by atoms with Crippen molar-refractivity contribution in [3.05, 3.63) is 35.9 Å². The Morgan fingerprint density at radius 3 is 2.46 bits per heavy atom. The molecule has 150 valence electrons. The molecular formula is C21H25FN2O3S. The number of carboxylic acid groups (broad SMARTS) is 1. The second kappa shape index (κ2) is 8.39. The molecule has 0 atom stereocenters. The first kappa shape index (κ1) is 20.5. The highest BCUT2D eigenvalue weighted by atomic mass is 32.1. The van der Waals surface area contributed by atoms with Gasteiger partial charge in [0.2, 0.25) is 11.9 Å². The minimum absolute atomic E-state index is 0.00460. The molecule has 0 unspecified atom stereocenters. The van der Waals surface area contributed by atoms with Gasteiger partial charge in [-0.2, -0.15) is 4.39 Å². The van der Waals surface area contributed by atoms with Gasteiger partial charge in [-0.25, -0.2) is 9.78 Å². The van der Waals surface area contributed by atoms with Crippen molar-refractivity contribution in [2.24, 2.45) is 11.8 Å². The Morgan fingerprint density at radius 1 is 1.25 bits per heavy atom. The Balaban J connectivity index is 1.99. The van der Waals surface area contributed by atoms with Gasteiger partial charge in [-0.1, -0.05) is 6.92 Å². The van der Waals surface area contributed by atoms with Gasteiger partial charge in [0, 0.05) is 28.6 Å².